The Bertz CT molecular complexity index is 214. The largest absolute Gasteiger partial charge is 0.478 e. The molecule has 2 rings (SSSR count). The number of ether oxygens (including phenoxy) is 2. The molecule has 2 fully saturated rings. The Morgan fingerprint density at radius 2 is 2.21 bits per heavy atom. The minimum atomic E-state index is -0.981. The highest BCUT2D eigenvalue weighted by molar-refractivity contribution is 5.78. The van der Waals surface area contributed by atoms with Gasteiger partial charge in [-0.1, -0.05) is 6.58 Å². The number of aliphatic carboxylic acids is 1. The summed E-state index contributed by atoms with van der Waals surface area (Å²) >= 11 is 0. The fraction of sp³-hybridized carbons (Fsp3) is 0.700. The normalized spacial score (nSPS) is 33.4. The van der Waals surface area contributed by atoms with Gasteiger partial charge in [0.05, 0.1) is 18.3 Å². The third-order valence-corrected chi connectivity index (χ3v) is 2.46. The molecule has 4 heteroatoms. The summed E-state index contributed by atoms with van der Waals surface area (Å²) < 4.78 is 10.5. The van der Waals surface area contributed by atoms with Crippen molar-refractivity contribution in [1.82, 2.24) is 0 Å². The van der Waals surface area contributed by atoms with Gasteiger partial charge in [0.1, 0.15) is 0 Å². The topological polar surface area (TPSA) is 59.1 Å². The maximum Gasteiger partial charge on any atom is 0.327 e. The zero-order chi connectivity index (χ0) is 10.6. The average Bonchev–Trinajstić information content (AvgIpc) is 2.96. The molecule has 4 nitrogen and oxygen atoms in total. The maximum atomic E-state index is 9.25. The highest BCUT2D eigenvalue weighted by Crippen LogP contribution is 2.37. The number of rotatable bonds is 2. The number of carbonyl (C=O) groups is 1. The summed E-state index contributed by atoms with van der Waals surface area (Å²) in [5, 5.41) is 7.60. The van der Waals surface area contributed by atoms with E-state index < -0.39 is 5.97 Å². The first-order chi connectivity index (χ1) is 6.67. The van der Waals surface area contributed by atoms with E-state index in [1.54, 1.807) is 7.11 Å². The average molecular weight is 200 g/mol. The van der Waals surface area contributed by atoms with E-state index in [9.17, 15) is 4.79 Å². The Morgan fingerprint density at radius 1 is 1.57 bits per heavy atom. The number of methoxy groups -OCH3 is 1. The zero-order valence-corrected chi connectivity index (χ0v) is 8.31. The van der Waals surface area contributed by atoms with Gasteiger partial charge in [-0.15, -0.1) is 0 Å². The number of carboxylic acids is 1. The van der Waals surface area contributed by atoms with Gasteiger partial charge in [0.25, 0.3) is 0 Å². The summed E-state index contributed by atoms with van der Waals surface area (Å²) in [5.41, 5.74) is 0. The van der Waals surface area contributed by atoms with Crippen LogP contribution in [0.15, 0.2) is 12.7 Å². The molecule has 0 radical (unpaired) electrons. The summed E-state index contributed by atoms with van der Waals surface area (Å²) in [6.07, 6.45) is 6.01. The summed E-state index contributed by atoms with van der Waals surface area (Å²) in [6, 6.07) is 0. The van der Waals surface area contributed by atoms with E-state index in [0.29, 0.717) is 18.3 Å². The Hall–Kier alpha value is -0.870. The second-order valence-corrected chi connectivity index (χ2v) is 3.43. The quantitative estimate of drug-likeness (QED) is 0.537. The van der Waals surface area contributed by atoms with E-state index in [1.165, 1.54) is 12.8 Å². The van der Waals surface area contributed by atoms with E-state index in [-0.39, 0.29) is 0 Å². The molecule has 1 saturated heterocycles. The second-order valence-electron chi connectivity index (χ2n) is 3.43. The van der Waals surface area contributed by atoms with Crippen LogP contribution in [0.25, 0.3) is 0 Å². The van der Waals surface area contributed by atoms with E-state index in [0.717, 1.165) is 12.5 Å². The van der Waals surface area contributed by atoms with Crippen LogP contribution in [-0.2, 0) is 14.3 Å². The molecule has 0 spiro atoms. The van der Waals surface area contributed by atoms with E-state index in [1.807, 2.05) is 0 Å². The molecular formula is C10H16O4. The minimum Gasteiger partial charge on any atom is -0.478 e. The van der Waals surface area contributed by atoms with Crippen LogP contribution in [0.3, 0.4) is 0 Å². The highest BCUT2D eigenvalue weighted by atomic mass is 16.6. The van der Waals surface area contributed by atoms with Crippen molar-refractivity contribution in [3.8, 4) is 0 Å². The second kappa shape index (κ2) is 5.12. The van der Waals surface area contributed by atoms with Gasteiger partial charge in [-0.2, -0.15) is 0 Å². The predicted molar refractivity (Wildman–Crippen MR) is 51.1 cm³/mol. The zero-order valence-electron chi connectivity index (χ0n) is 8.31. The van der Waals surface area contributed by atoms with Crippen molar-refractivity contribution < 1.29 is 19.4 Å². The molecule has 1 saturated carbocycles. The van der Waals surface area contributed by atoms with Gasteiger partial charge >= 0.3 is 5.97 Å². The van der Waals surface area contributed by atoms with Crippen molar-refractivity contribution in [3.63, 3.8) is 0 Å². The number of hydrogen-bond acceptors (Lipinski definition) is 3. The van der Waals surface area contributed by atoms with Crippen molar-refractivity contribution in [3.05, 3.63) is 12.7 Å². The molecule has 3 unspecified atom stereocenters. The van der Waals surface area contributed by atoms with Gasteiger partial charge in [-0.3, -0.25) is 0 Å². The van der Waals surface area contributed by atoms with Crippen LogP contribution in [0.2, 0.25) is 0 Å². The Morgan fingerprint density at radius 3 is 2.64 bits per heavy atom. The predicted octanol–water partition coefficient (Wildman–Crippen LogP) is 1.21. The van der Waals surface area contributed by atoms with E-state index in [4.69, 9.17) is 14.6 Å². The Kier molecular flexibility index (Phi) is 4.10. The minimum absolute atomic E-state index is 0.480. The Balaban J connectivity index is 0.000000171. The Labute approximate surface area is 83.5 Å². The summed E-state index contributed by atoms with van der Waals surface area (Å²) in [6.45, 7) is 2.96. The lowest BCUT2D eigenvalue weighted by Crippen LogP contribution is -2.19. The lowest BCUT2D eigenvalue weighted by atomic mass is 9.98. The molecule has 0 aromatic rings. The van der Waals surface area contributed by atoms with Gasteiger partial charge in [0, 0.05) is 19.6 Å². The summed E-state index contributed by atoms with van der Waals surface area (Å²) in [4.78, 5) is 9.25. The van der Waals surface area contributed by atoms with Crippen LogP contribution in [-0.4, -0.2) is 36.5 Å². The third-order valence-electron chi connectivity index (χ3n) is 2.46. The maximum absolute atomic E-state index is 9.25. The van der Waals surface area contributed by atoms with Crippen molar-refractivity contribution in [1.29, 1.82) is 0 Å². The van der Waals surface area contributed by atoms with Gasteiger partial charge < -0.3 is 14.6 Å². The number of hydrogen-bond donors (Lipinski definition) is 1. The summed E-state index contributed by atoms with van der Waals surface area (Å²) in [5.74, 6) is -0.981. The van der Waals surface area contributed by atoms with Crippen molar-refractivity contribution in [2.24, 2.45) is 0 Å². The van der Waals surface area contributed by atoms with Crippen LogP contribution in [0, 0.1) is 0 Å². The molecule has 3 atom stereocenters. The van der Waals surface area contributed by atoms with Crippen LogP contribution >= 0.6 is 0 Å². The molecule has 0 amide bonds. The highest BCUT2D eigenvalue weighted by Gasteiger charge is 2.43. The van der Waals surface area contributed by atoms with Crippen LogP contribution < -0.4 is 0 Å². The molecule has 1 aliphatic carbocycles. The monoisotopic (exact) mass is 200 g/mol. The standard InChI is InChI=1S/C7H12O2.C3H4O2/c1-8-5-2-3-6-7(4-5)9-6;1-2-3(4)5/h5-7H,2-4H2,1H3;2H,1H2,(H,4,5). The van der Waals surface area contributed by atoms with Crippen LogP contribution in [0.1, 0.15) is 19.3 Å². The lowest BCUT2D eigenvalue weighted by molar-refractivity contribution is -0.131. The summed E-state index contributed by atoms with van der Waals surface area (Å²) in [7, 11) is 1.79. The third kappa shape index (κ3) is 3.47. The molecule has 0 aromatic carbocycles. The van der Waals surface area contributed by atoms with Crippen LogP contribution in [0.5, 0.6) is 0 Å². The first-order valence-corrected chi connectivity index (χ1v) is 4.71. The molecular weight excluding hydrogens is 184 g/mol. The van der Waals surface area contributed by atoms with Crippen molar-refractivity contribution >= 4 is 5.97 Å². The van der Waals surface area contributed by atoms with Gasteiger partial charge in [0.2, 0.25) is 0 Å². The number of epoxide rings is 1. The van der Waals surface area contributed by atoms with Gasteiger partial charge in [-0.05, 0) is 12.8 Å². The molecule has 80 valence electrons. The molecule has 1 N–H and O–H groups in total. The van der Waals surface area contributed by atoms with Gasteiger partial charge in [-0.25, -0.2) is 4.79 Å². The molecule has 1 heterocycles. The molecule has 14 heavy (non-hydrogen) atoms. The molecule has 0 bridgehead atoms. The fourth-order valence-electron chi connectivity index (χ4n) is 1.58. The van der Waals surface area contributed by atoms with Crippen molar-refractivity contribution in [2.45, 2.75) is 37.6 Å². The molecule has 0 aromatic heterocycles. The fourth-order valence-corrected chi connectivity index (χ4v) is 1.58. The first-order valence-electron chi connectivity index (χ1n) is 4.71. The number of fused-ring (bicyclic) bond motifs is 1. The van der Waals surface area contributed by atoms with Crippen LogP contribution in [0.4, 0.5) is 0 Å². The van der Waals surface area contributed by atoms with E-state index in [2.05, 4.69) is 6.58 Å². The number of carboxylic acid groups (broad SMARTS) is 1. The lowest BCUT2D eigenvalue weighted by Gasteiger charge is -2.16. The first kappa shape index (κ1) is 11.2. The van der Waals surface area contributed by atoms with E-state index >= 15 is 0 Å². The van der Waals surface area contributed by atoms with Crippen molar-refractivity contribution in [2.75, 3.05) is 7.11 Å². The molecule has 1 aliphatic heterocycles. The SMILES string of the molecule is C=CC(=O)O.COC1CCC2OC2C1. The van der Waals surface area contributed by atoms with Gasteiger partial charge in [0.15, 0.2) is 0 Å². The smallest absolute Gasteiger partial charge is 0.327 e. The molecule has 2 aliphatic rings.